The van der Waals surface area contributed by atoms with E-state index in [1.165, 1.54) is 17.4 Å². The van der Waals surface area contributed by atoms with E-state index in [-0.39, 0.29) is 12.2 Å². The number of nitrogens with zero attached hydrogens (tertiary/aromatic N) is 1. The van der Waals surface area contributed by atoms with Crippen LogP contribution in [0.4, 0.5) is 11.4 Å². The van der Waals surface area contributed by atoms with Gasteiger partial charge in [0.05, 0.1) is 23.6 Å². The minimum atomic E-state index is -0.984. The van der Waals surface area contributed by atoms with E-state index in [2.05, 4.69) is 5.32 Å². The molecule has 4 aromatic rings. The Hall–Kier alpha value is -3.42. The van der Waals surface area contributed by atoms with Crippen molar-refractivity contribution < 1.29 is 14.6 Å². The largest absolute Gasteiger partial charge is 0.462 e. The van der Waals surface area contributed by atoms with E-state index >= 15 is 0 Å². The van der Waals surface area contributed by atoms with Crippen molar-refractivity contribution in [3.8, 4) is 5.69 Å². The van der Waals surface area contributed by atoms with E-state index < -0.39 is 11.6 Å². The highest BCUT2D eigenvalue weighted by molar-refractivity contribution is 7.21. The van der Waals surface area contributed by atoms with Gasteiger partial charge in [-0.25, -0.2) is 4.79 Å². The smallest absolute Gasteiger partial charge is 0.350 e. The number of aliphatic hydroxyl groups is 1. The monoisotopic (exact) mass is 448 g/mol. The topological polar surface area (TPSA) is 80.6 Å². The number of benzene rings is 2. The molecule has 2 heterocycles. The van der Waals surface area contributed by atoms with Gasteiger partial charge in [0.2, 0.25) is 0 Å². The zero-order valence-corrected chi connectivity index (χ0v) is 18.9. The molecule has 2 aromatic carbocycles. The summed E-state index contributed by atoms with van der Waals surface area (Å²) in [6.07, 6.45) is 0. The Kier molecular flexibility index (Phi) is 5.86. The number of thiophene rings is 1. The normalized spacial score (nSPS) is 11.5. The van der Waals surface area contributed by atoms with Crippen LogP contribution >= 0.6 is 11.3 Å². The Bertz CT molecular complexity index is 1320. The van der Waals surface area contributed by atoms with Crippen molar-refractivity contribution in [2.45, 2.75) is 26.4 Å². The van der Waals surface area contributed by atoms with Gasteiger partial charge in [-0.2, -0.15) is 0 Å². The van der Waals surface area contributed by atoms with Crippen LogP contribution in [0.1, 0.15) is 36.0 Å². The number of hydrogen-bond acceptors (Lipinski definition) is 6. The van der Waals surface area contributed by atoms with Crippen LogP contribution in [0.15, 0.2) is 71.5 Å². The number of fused-ring (bicyclic) bond motifs is 1. The molecule has 6 nitrogen and oxygen atoms in total. The quantitative estimate of drug-likeness (QED) is 0.396. The standard InChI is InChI=1S/C25H24N2O4S/c1-4-31-24(29)22-21(26-17-8-6-5-7-9-17)19-14-15-20(28)27(23(19)32-22)18-12-10-16(11-13-18)25(2,3)30/h5-15,26,30H,4H2,1-3H3. The van der Waals surface area contributed by atoms with Gasteiger partial charge in [0.15, 0.2) is 0 Å². The molecule has 4 rings (SSSR count). The zero-order chi connectivity index (χ0) is 22.9. The maximum atomic E-state index is 12.9. The van der Waals surface area contributed by atoms with Gasteiger partial charge in [-0.05, 0) is 56.7 Å². The fraction of sp³-hybridized carbons (Fsp3) is 0.200. The zero-order valence-electron chi connectivity index (χ0n) is 18.1. The molecule has 0 aliphatic heterocycles. The first-order valence-electron chi connectivity index (χ1n) is 10.3. The highest BCUT2D eigenvalue weighted by atomic mass is 32.1. The summed E-state index contributed by atoms with van der Waals surface area (Å²) in [6, 6.07) is 19.9. The lowest BCUT2D eigenvalue weighted by Crippen LogP contribution is -2.18. The number of pyridine rings is 1. The minimum Gasteiger partial charge on any atom is -0.462 e. The molecule has 2 aromatic heterocycles. The summed E-state index contributed by atoms with van der Waals surface area (Å²) in [6.45, 7) is 5.43. The molecule has 0 aliphatic carbocycles. The summed E-state index contributed by atoms with van der Waals surface area (Å²) in [4.78, 5) is 26.7. The lowest BCUT2D eigenvalue weighted by Gasteiger charge is -2.18. The molecule has 0 radical (unpaired) electrons. The molecule has 0 atom stereocenters. The molecule has 164 valence electrons. The first-order chi connectivity index (χ1) is 15.3. The molecule has 0 saturated heterocycles. The summed E-state index contributed by atoms with van der Waals surface area (Å²) in [5, 5.41) is 14.3. The van der Waals surface area contributed by atoms with E-state index in [4.69, 9.17) is 4.74 Å². The predicted molar refractivity (Wildman–Crippen MR) is 128 cm³/mol. The molecule has 0 amide bonds. The van der Waals surface area contributed by atoms with Crippen molar-refractivity contribution in [1.29, 1.82) is 0 Å². The number of hydrogen-bond donors (Lipinski definition) is 2. The number of nitrogens with one attached hydrogen (secondary N) is 1. The Labute approximate surface area is 189 Å². The van der Waals surface area contributed by atoms with E-state index in [1.807, 2.05) is 30.3 Å². The first-order valence-corrected chi connectivity index (χ1v) is 11.1. The highest BCUT2D eigenvalue weighted by Crippen LogP contribution is 2.38. The Morgan fingerprint density at radius 3 is 2.38 bits per heavy atom. The Balaban J connectivity index is 1.91. The van der Waals surface area contributed by atoms with Crippen LogP contribution in [-0.4, -0.2) is 22.2 Å². The predicted octanol–water partition coefficient (Wildman–Crippen LogP) is 5.20. The highest BCUT2D eigenvalue weighted by Gasteiger charge is 2.23. The van der Waals surface area contributed by atoms with Crippen molar-refractivity contribution >= 4 is 38.9 Å². The van der Waals surface area contributed by atoms with Crippen molar-refractivity contribution in [2.75, 3.05) is 11.9 Å². The summed E-state index contributed by atoms with van der Waals surface area (Å²) >= 11 is 1.21. The fourth-order valence-corrected chi connectivity index (χ4v) is 4.64. The summed E-state index contributed by atoms with van der Waals surface area (Å²) in [7, 11) is 0. The van der Waals surface area contributed by atoms with Gasteiger partial charge >= 0.3 is 5.97 Å². The third kappa shape index (κ3) is 4.17. The van der Waals surface area contributed by atoms with Crippen LogP contribution in [-0.2, 0) is 10.3 Å². The van der Waals surface area contributed by atoms with E-state index in [0.29, 0.717) is 21.1 Å². The summed E-state index contributed by atoms with van der Waals surface area (Å²) in [5.41, 5.74) is 1.63. The Morgan fingerprint density at radius 1 is 1.06 bits per heavy atom. The van der Waals surface area contributed by atoms with Crippen LogP contribution in [0, 0.1) is 0 Å². The van der Waals surface area contributed by atoms with Gasteiger partial charge < -0.3 is 15.2 Å². The number of rotatable bonds is 6. The average Bonchev–Trinajstić information content (AvgIpc) is 3.12. The van der Waals surface area contributed by atoms with Gasteiger partial charge in [0.25, 0.3) is 5.56 Å². The van der Waals surface area contributed by atoms with Gasteiger partial charge in [-0.15, -0.1) is 11.3 Å². The van der Waals surface area contributed by atoms with Crippen LogP contribution < -0.4 is 10.9 Å². The molecule has 0 saturated carbocycles. The number of aromatic nitrogens is 1. The molecule has 0 spiro atoms. The van der Waals surface area contributed by atoms with E-state index in [9.17, 15) is 14.7 Å². The van der Waals surface area contributed by atoms with Crippen LogP contribution in [0.3, 0.4) is 0 Å². The number of carbonyl (C=O) groups excluding carboxylic acids is 1. The molecule has 2 N–H and O–H groups in total. The third-order valence-electron chi connectivity index (χ3n) is 5.08. The van der Waals surface area contributed by atoms with Gasteiger partial charge in [-0.3, -0.25) is 9.36 Å². The number of anilines is 2. The average molecular weight is 449 g/mol. The molecular weight excluding hydrogens is 424 g/mol. The number of para-hydroxylation sites is 1. The summed E-state index contributed by atoms with van der Waals surface area (Å²) in [5.74, 6) is -0.441. The third-order valence-corrected chi connectivity index (χ3v) is 6.25. The maximum Gasteiger partial charge on any atom is 0.350 e. The minimum absolute atomic E-state index is 0.212. The SMILES string of the molecule is CCOC(=O)c1sc2c(ccc(=O)n2-c2ccc(C(C)(C)O)cc2)c1Nc1ccccc1. The number of carbonyl (C=O) groups is 1. The second-order valence-electron chi connectivity index (χ2n) is 7.85. The molecule has 32 heavy (non-hydrogen) atoms. The lowest BCUT2D eigenvalue weighted by atomic mass is 9.98. The van der Waals surface area contributed by atoms with Crippen LogP contribution in [0.5, 0.6) is 0 Å². The van der Waals surface area contributed by atoms with Crippen molar-refractivity contribution in [2.24, 2.45) is 0 Å². The number of esters is 1. The summed E-state index contributed by atoms with van der Waals surface area (Å²) < 4.78 is 6.86. The first kappa shape index (κ1) is 21.8. The van der Waals surface area contributed by atoms with Gasteiger partial charge in [0.1, 0.15) is 9.71 Å². The fourth-order valence-electron chi connectivity index (χ4n) is 3.48. The molecule has 7 heteroatoms. The van der Waals surface area contributed by atoms with Crippen molar-refractivity contribution in [3.05, 3.63) is 87.5 Å². The van der Waals surface area contributed by atoms with E-state index in [0.717, 1.165) is 16.6 Å². The second kappa shape index (κ2) is 8.61. The molecule has 0 fully saturated rings. The van der Waals surface area contributed by atoms with E-state index in [1.54, 1.807) is 55.7 Å². The second-order valence-corrected chi connectivity index (χ2v) is 8.85. The molecule has 0 unspecified atom stereocenters. The van der Waals surface area contributed by atoms with Gasteiger partial charge in [0, 0.05) is 17.1 Å². The van der Waals surface area contributed by atoms with Crippen LogP contribution in [0.2, 0.25) is 0 Å². The molecule has 0 bridgehead atoms. The molecule has 0 aliphatic rings. The van der Waals surface area contributed by atoms with Crippen molar-refractivity contribution in [1.82, 2.24) is 4.57 Å². The Morgan fingerprint density at radius 2 is 1.75 bits per heavy atom. The number of ether oxygens (including phenoxy) is 1. The lowest BCUT2D eigenvalue weighted by molar-refractivity contribution is 0.0533. The van der Waals surface area contributed by atoms with Crippen LogP contribution in [0.25, 0.3) is 15.9 Å². The van der Waals surface area contributed by atoms with Gasteiger partial charge in [-0.1, -0.05) is 30.3 Å². The molecular formula is C25H24N2O4S. The van der Waals surface area contributed by atoms with Crippen molar-refractivity contribution in [3.63, 3.8) is 0 Å². The maximum absolute atomic E-state index is 12.9.